The first kappa shape index (κ1) is 14.9. The molecule has 1 rings (SSSR count). The van der Waals surface area contributed by atoms with Gasteiger partial charge >= 0.3 is 0 Å². The zero-order valence-corrected chi connectivity index (χ0v) is 11.7. The molecular weight excluding hydrogens is 256 g/mol. The monoisotopic (exact) mass is 276 g/mol. The fourth-order valence-electron chi connectivity index (χ4n) is 1.65. The summed E-state index contributed by atoms with van der Waals surface area (Å²) >= 11 is 0. The highest BCUT2D eigenvalue weighted by molar-refractivity contribution is 7.89. The molecule has 0 aliphatic carbocycles. The summed E-state index contributed by atoms with van der Waals surface area (Å²) in [6.07, 6.45) is 2.61. The Morgan fingerprint density at radius 2 is 2.22 bits per heavy atom. The normalized spacial score (nSPS) is 15.6. The number of nitrogens with one attached hydrogen (secondary N) is 1. The van der Waals surface area contributed by atoms with Crippen LogP contribution in [0.4, 0.5) is 5.82 Å². The van der Waals surface area contributed by atoms with Crippen molar-refractivity contribution in [1.29, 1.82) is 0 Å². The second-order valence-corrected chi connectivity index (χ2v) is 6.36. The Balaban J connectivity index is 2.81. The zero-order chi connectivity index (χ0) is 14.0. The first-order chi connectivity index (χ1) is 8.18. The van der Waals surface area contributed by atoms with Gasteiger partial charge in [-0.25, -0.2) is 13.1 Å². The molecule has 7 nitrogen and oxygen atoms in total. The molecule has 0 saturated heterocycles. The van der Waals surface area contributed by atoms with E-state index in [0.29, 0.717) is 6.42 Å². The van der Waals surface area contributed by atoms with Crippen LogP contribution in [0, 0.1) is 0 Å². The van der Waals surface area contributed by atoms with E-state index in [1.165, 1.54) is 10.9 Å². The van der Waals surface area contributed by atoms with E-state index < -0.39 is 15.6 Å². The van der Waals surface area contributed by atoms with Gasteiger partial charge in [0, 0.05) is 19.8 Å². The summed E-state index contributed by atoms with van der Waals surface area (Å²) in [5.41, 5.74) is 4.44. The first-order valence-electron chi connectivity index (χ1n) is 5.69. The number of aryl methyl sites for hydroxylation is 1. The summed E-state index contributed by atoms with van der Waals surface area (Å²) in [5.74, 6) is -0.0554. The van der Waals surface area contributed by atoms with Crippen LogP contribution in [0.2, 0.25) is 0 Å². The highest BCUT2D eigenvalue weighted by Gasteiger charge is 2.25. The van der Waals surface area contributed by atoms with E-state index in [4.69, 9.17) is 5.73 Å². The quantitative estimate of drug-likeness (QED) is 0.668. The number of rotatable bonds is 6. The topological polar surface area (TPSA) is 110 Å². The van der Waals surface area contributed by atoms with Crippen molar-refractivity contribution >= 4 is 15.8 Å². The van der Waals surface area contributed by atoms with Crippen molar-refractivity contribution in [1.82, 2.24) is 14.5 Å². The van der Waals surface area contributed by atoms with Gasteiger partial charge in [-0.2, -0.15) is 5.10 Å². The van der Waals surface area contributed by atoms with Crippen molar-refractivity contribution in [2.24, 2.45) is 7.05 Å². The number of sulfonamides is 1. The van der Waals surface area contributed by atoms with Gasteiger partial charge in [0.25, 0.3) is 0 Å². The van der Waals surface area contributed by atoms with Gasteiger partial charge in [-0.1, -0.05) is 13.3 Å². The molecule has 0 saturated carbocycles. The molecule has 1 heterocycles. The van der Waals surface area contributed by atoms with E-state index in [-0.39, 0.29) is 17.3 Å². The third-order valence-electron chi connectivity index (χ3n) is 2.54. The summed E-state index contributed by atoms with van der Waals surface area (Å²) in [5, 5.41) is 13.7. The SMILES string of the molecule is CCCC(C)(O)CNS(=O)(=O)c1cn(C)nc1N. The highest BCUT2D eigenvalue weighted by Crippen LogP contribution is 2.17. The predicted molar refractivity (Wildman–Crippen MR) is 68.3 cm³/mol. The maximum absolute atomic E-state index is 12.0. The number of anilines is 1. The van der Waals surface area contributed by atoms with Crippen LogP contribution in [0.5, 0.6) is 0 Å². The van der Waals surface area contributed by atoms with Crippen LogP contribution in [-0.4, -0.2) is 35.5 Å². The number of nitrogens with two attached hydrogens (primary N) is 1. The lowest BCUT2D eigenvalue weighted by molar-refractivity contribution is 0.0554. The van der Waals surface area contributed by atoms with Crippen LogP contribution < -0.4 is 10.5 Å². The summed E-state index contributed by atoms with van der Waals surface area (Å²) in [7, 11) is -2.15. The Kier molecular flexibility index (Phi) is 4.36. The highest BCUT2D eigenvalue weighted by atomic mass is 32.2. The largest absolute Gasteiger partial charge is 0.389 e. The van der Waals surface area contributed by atoms with E-state index in [0.717, 1.165) is 6.42 Å². The molecule has 0 aromatic carbocycles. The molecule has 104 valence electrons. The third kappa shape index (κ3) is 3.69. The average Bonchev–Trinajstić information content (AvgIpc) is 2.56. The molecule has 0 aliphatic rings. The van der Waals surface area contributed by atoms with Crippen LogP contribution >= 0.6 is 0 Å². The molecule has 1 unspecified atom stereocenters. The van der Waals surface area contributed by atoms with Crippen LogP contribution in [-0.2, 0) is 17.1 Å². The van der Waals surface area contributed by atoms with Crippen molar-refractivity contribution in [2.45, 2.75) is 37.2 Å². The van der Waals surface area contributed by atoms with Crippen LogP contribution in [0.3, 0.4) is 0 Å². The van der Waals surface area contributed by atoms with Crippen molar-refractivity contribution in [2.75, 3.05) is 12.3 Å². The van der Waals surface area contributed by atoms with Crippen LogP contribution in [0.25, 0.3) is 0 Å². The molecule has 0 fully saturated rings. The molecule has 8 heteroatoms. The number of aromatic nitrogens is 2. The molecule has 0 bridgehead atoms. The van der Waals surface area contributed by atoms with Gasteiger partial charge in [0.2, 0.25) is 10.0 Å². The third-order valence-corrected chi connectivity index (χ3v) is 3.96. The molecule has 0 spiro atoms. The minimum atomic E-state index is -3.74. The Morgan fingerprint density at radius 1 is 1.61 bits per heavy atom. The molecule has 18 heavy (non-hydrogen) atoms. The standard InChI is InChI=1S/C10H20N4O3S/c1-4-5-10(2,15)7-12-18(16,17)8-6-14(3)13-9(8)11/h6,12,15H,4-5,7H2,1-3H3,(H2,11,13). The zero-order valence-electron chi connectivity index (χ0n) is 10.8. The van der Waals surface area contributed by atoms with Gasteiger partial charge in [-0.3, -0.25) is 4.68 Å². The van der Waals surface area contributed by atoms with Crippen molar-refractivity contribution < 1.29 is 13.5 Å². The molecular formula is C10H20N4O3S. The lowest BCUT2D eigenvalue weighted by Gasteiger charge is -2.22. The van der Waals surface area contributed by atoms with E-state index in [1.807, 2.05) is 6.92 Å². The second kappa shape index (κ2) is 5.25. The van der Waals surface area contributed by atoms with E-state index in [1.54, 1.807) is 14.0 Å². The fourth-order valence-corrected chi connectivity index (χ4v) is 2.91. The van der Waals surface area contributed by atoms with Crippen molar-refractivity contribution in [3.8, 4) is 0 Å². The van der Waals surface area contributed by atoms with Crippen molar-refractivity contribution in [3.63, 3.8) is 0 Å². The lowest BCUT2D eigenvalue weighted by atomic mass is 10.0. The Bertz CT molecular complexity index is 507. The summed E-state index contributed by atoms with van der Waals surface area (Å²) in [4.78, 5) is -0.0719. The number of hydrogen-bond donors (Lipinski definition) is 3. The molecule has 4 N–H and O–H groups in total. The molecule has 0 radical (unpaired) electrons. The fraction of sp³-hybridized carbons (Fsp3) is 0.700. The van der Waals surface area contributed by atoms with Gasteiger partial charge in [-0.15, -0.1) is 0 Å². The molecule has 1 aromatic rings. The minimum absolute atomic E-state index is 0.0554. The van der Waals surface area contributed by atoms with Gasteiger partial charge in [0.15, 0.2) is 5.82 Å². The number of nitrogen functional groups attached to an aromatic ring is 1. The first-order valence-corrected chi connectivity index (χ1v) is 7.17. The number of aliphatic hydroxyl groups is 1. The number of hydrogen-bond acceptors (Lipinski definition) is 5. The smallest absolute Gasteiger partial charge is 0.245 e. The van der Waals surface area contributed by atoms with Crippen LogP contribution in [0.15, 0.2) is 11.1 Å². The summed E-state index contributed by atoms with van der Waals surface area (Å²) in [6, 6.07) is 0. The molecule has 0 aliphatic heterocycles. The summed E-state index contributed by atoms with van der Waals surface area (Å²) in [6.45, 7) is 3.45. The van der Waals surface area contributed by atoms with Gasteiger partial charge in [-0.05, 0) is 13.3 Å². The molecule has 1 aromatic heterocycles. The van der Waals surface area contributed by atoms with Gasteiger partial charge < -0.3 is 10.8 Å². The maximum Gasteiger partial charge on any atom is 0.245 e. The second-order valence-electron chi connectivity index (χ2n) is 4.62. The average molecular weight is 276 g/mol. The van der Waals surface area contributed by atoms with Gasteiger partial charge in [0.1, 0.15) is 4.90 Å². The van der Waals surface area contributed by atoms with E-state index >= 15 is 0 Å². The Labute approximate surface area is 107 Å². The Hall–Kier alpha value is -1.12. The lowest BCUT2D eigenvalue weighted by Crippen LogP contribution is -2.40. The number of nitrogens with zero attached hydrogens (tertiary/aromatic N) is 2. The van der Waals surface area contributed by atoms with Crippen molar-refractivity contribution in [3.05, 3.63) is 6.20 Å². The molecule has 1 atom stereocenters. The van der Waals surface area contributed by atoms with E-state index in [2.05, 4.69) is 9.82 Å². The molecule has 0 amide bonds. The summed E-state index contributed by atoms with van der Waals surface area (Å²) < 4.78 is 27.6. The maximum atomic E-state index is 12.0. The predicted octanol–water partition coefficient (Wildman–Crippen LogP) is -0.168. The Morgan fingerprint density at radius 3 is 2.67 bits per heavy atom. The minimum Gasteiger partial charge on any atom is -0.389 e. The van der Waals surface area contributed by atoms with Gasteiger partial charge in [0.05, 0.1) is 5.60 Å². The van der Waals surface area contributed by atoms with E-state index in [9.17, 15) is 13.5 Å². The van der Waals surface area contributed by atoms with Crippen LogP contribution in [0.1, 0.15) is 26.7 Å².